The van der Waals surface area contributed by atoms with Gasteiger partial charge < -0.3 is 10.2 Å². The molecule has 4 heteroatoms. The molecule has 0 fully saturated rings. The lowest BCUT2D eigenvalue weighted by atomic mass is 10.1. The Bertz CT molecular complexity index is 353. The molecule has 4 nitrogen and oxygen atoms in total. The van der Waals surface area contributed by atoms with Crippen molar-refractivity contribution in [3.63, 3.8) is 0 Å². The van der Waals surface area contributed by atoms with Crippen molar-refractivity contribution in [3.8, 4) is 0 Å². The van der Waals surface area contributed by atoms with Gasteiger partial charge >= 0.3 is 0 Å². The SMILES string of the molecule is CCCCN(CC)c1ccc(CNC(C)(C)C)nn1. The number of nitrogens with zero attached hydrogens (tertiary/aromatic N) is 3. The highest BCUT2D eigenvalue weighted by Gasteiger charge is 2.10. The number of aromatic nitrogens is 2. The molecule has 1 heterocycles. The van der Waals surface area contributed by atoms with Crippen LogP contribution in [-0.4, -0.2) is 28.8 Å². The van der Waals surface area contributed by atoms with Gasteiger partial charge in [0.25, 0.3) is 0 Å². The Kier molecular flexibility index (Phi) is 6.22. The van der Waals surface area contributed by atoms with Crippen molar-refractivity contribution in [2.24, 2.45) is 0 Å². The summed E-state index contributed by atoms with van der Waals surface area (Å²) in [5.74, 6) is 0.982. The third-order valence-electron chi connectivity index (χ3n) is 2.99. The van der Waals surface area contributed by atoms with Gasteiger partial charge in [0.2, 0.25) is 0 Å². The Labute approximate surface area is 117 Å². The van der Waals surface area contributed by atoms with Gasteiger partial charge in [0.15, 0.2) is 5.82 Å². The second-order valence-electron chi connectivity index (χ2n) is 5.92. The second-order valence-corrected chi connectivity index (χ2v) is 5.92. The van der Waals surface area contributed by atoms with Gasteiger partial charge in [-0.1, -0.05) is 13.3 Å². The highest BCUT2D eigenvalue weighted by Crippen LogP contribution is 2.11. The van der Waals surface area contributed by atoms with E-state index < -0.39 is 0 Å². The molecule has 1 aromatic heterocycles. The van der Waals surface area contributed by atoms with Crippen LogP contribution in [0.1, 0.15) is 53.2 Å². The van der Waals surface area contributed by atoms with Crippen LogP contribution in [0.3, 0.4) is 0 Å². The van der Waals surface area contributed by atoms with Crippen molar-refractivity contribution in [2.75, 3.05) is 18.0 Å². The van der Waals surface area contributed by atoms with Gasteiger partial charge in [-0.2, -0.15) is 5.10 Å². The summed E-state index contributed by atoms with van der Waals surface area (Å²) >= 11 is 0. The fourth-order valence-electron chi connectivity index (χ4n) is 1.76. The van der Waals surface area contributed by atoms with Gasteiger partial charge in [-0.05, 0) is 46.2 Å². The van der Waals surface area contributed by atoms with Crippen molar-refractivity contribution >= 4 is 5.82 Å². The average Bonchev–Trinajstić information content (AvgIpc) is 2.38. The lowest BCUT2D eigenvalue weighted by Crippen LogP contribution is -2.35. The summed E-state index contributed by atoms with van der Waals surface area (Å²) in [5.41, 5.74) is 1.10. The van der Waals surface area contributed by atoms with Gasteiger partial charge in [0.1, 0.15) is 0 Å². The minimum atomic E-state index is 0.108. The number of hydrogen-bond donors (Lipinski definition) is 1. The third-order valence-corrected chi connectivity index (χ3v) is 2.99. The molecule has 0 bridgehead atoms. The van der Waals surface area contributed by atoms with E-state index in [4.69, 9.17) is 0 Å². The van der Waals surface area contributed by atoms with Crippen LogP contribution in [0.2, 0.25) is 0 Å². The monoisotopic (exact) mass is 264 g/mol. The van der Waals surface area contributed by atoms with E-state index >= 15 is 0 Å². The standard InChI is InChI=1S/C15H28N4/c1-6-8-11-19(7-2)14-10-9-13(17-18-14)12-16-15(3,4)5/h9-10,16H,6-8,11-12H2,1-5H3. The summed E-state index contributed by atoms with van der Waals surface area (Å²) in [6.45, 7) is 13.6. The first-order valence-corrected chi connectivity index (χ1v) is 7.29. The lowest BCUT2D eigenvalue weighted by molar-refractivity contribution is 0.420. The van der Waals surface area contributed by atoms with Crippen molar-refractivity contribution in [1.29, 1.82) is 0 Å². The molecule has 0 amide bonds. The zero-order valence-corrected chi connectivity index (χ0v) is 13.0. The zero-order chi connectivity index (χ0) is 14.3. The quantitative estimate of drug-likeness (QED) is 0.822. The number of nitrogens with one attached hydrogen (secondary N) is 1. The Morgan fingerprint density at radius 1 is 1.16 bits per heavy atom. The molecule has 1 rings (SSSR count). The van der Waals surface area contributed by atoms with E-state index in [-0.39, 0.29) is 5.54 Å². The maximum Gasteiger partial charge on any atom is 0.151 e. The van der Waals surface area contributed by atoms with Crippen LogP contribution in [0.25, 0.3) is 0 Å². The van der Waals surface area contributed by atoms with E-state index in [9.17, 15) is 0 Å². The van der Waals surface area contributed by atoms with E-state index in [2.05, 4.69) is 67.2 Å². The molecule has 0 spiro atoms. The lowest BCUT2D eigenvalue weighted by Gasteiger charge is -2.22. The molecule has 0 atom stereocenters. The molecule has 1 aromatic rings. The Morgan fingerprint density at radius 2 is 1.89 bits per heavy atom. The second kappa shape index (κ2) is 7.43. The summed E-state index contributed by atoms with van der Waals surface area (Å²) in [5, 5.41) is 12.1. The van der Waals surface area contributed by atoms with Crippen LogP contribution in [0.4, 0.5) is 5.82 Å². The minimum Gasteiger partial charge on any atom is -0.355 e. The maximum absolute atomic E-state index is 4.34. The molecule has 0 saturated heterocycles. The van der Waals surface area contributed by atoms with Crippen molar-refractivity contribution in [1.82, 2.24) is 15.5 Å². The molecule has 0 unspecified atom stereocenters. The van der Waals surface area contributed by atoms with Crippen LogP contribution < -0.4 is 10.2 Å². The van der Waals surface area contributed by atoms with Gasteiger partial charge in [-0.3, -0.25) is 0 Å². The van der Waals surface area contributed by atoms with Crippen LogP contribution >= 0.6 is 0 Å². The maximum atomic E-state index is 4.34. The number of hydrogen-bond acceptors (Lipinski definition) is 4. The van der Waals surface area contributed by atoms with Crippen LogP contribution in [-0.2, 0) is 6.54 Å². The van der Waals surface area contributed by atoms with Crippen molar-refractivity contribution < 1.29 is 0 Å². The minimum absolute atomic E-state index is 0.108. The van der Waals surface area contributed by atoms with Gasteiger partial charge in [0, 0.05) is 25.2 Å². The molecular formula is C15H28N4. The van der Waals surface area contributed by atoms with E-state index in [0.29, 0.717) is 0 Å². The highest BCUT2D eigenvalue weighted by molar-refractivity contribution is 5.36. The molecule has 19 heavy (non-hydrogen) atoms. The number of unbranched alkanes of at least 4 members (excludes halogenated alkanes) is 1. The smallest absolute Gasteiger partial charge is 0.151 e. The van der Waals surface area contributed by atoms with Crippen molar-refractivity contribution in [3.05, 3.63) is 17.8 Å². The summed E-state index contributed by atoms with van der Waals surface area (Å²) in [6.07, 6.45) is 2.40. The fourth-order valence-corrected chi connectivity index (χ4v) is 1.76. The summed E-state index contributed by atoms with van der Waals surface area (Å²) in [4.78, 5) is 2.28. The van der Waals surface area contributed by atoms with E-state index in [0.717, 1.165) is 31.1 Å². The van der Waals surface area contributed by atoms with Gasteiger partial charge in [-0.25, -0.2) is 0 Å². The Balaban J connectivity index is 2.59. The molecular weight excluding hydrogens is 236 g/mol. The van der Waals surface area contributed by atoms with Crippen LogP contribution in [0, 0.1) is 0 Å². The van der Waals surface area contributed by atoms with Crippen molar-refractivity contribution in [2.45, 2.75) is 59.5 Å². The van der Waals surface area contributed by atoms with Gasteiger partial charge in [0.05, 0.1) is 5.69 Å². The molecule has 0 aliphatic rings. The predicted octanol–water partition coefficient (Wildman–Crippen LogP) is 2.99. The third kappa shape index (κ3) is 6.01. The first-order chi connectivity index (χ1) is 8.96. The highest BCUT2D eigenvalue weighted by atomic mass is 15.3. The van der Waals surface area contributed by atoms with Crippen LogP contribution in [0.5, 0.6) is 0 Å². The Morgan fingerprint density at radius 3 is 2.37 bits per heavy atom. The molecule has 108 valence electrons. The summed E-state index contributed by atoms with van der Waals surface area (Å²) in [7, 11) is 0. The van der Waals surface area contributed by atoms with E-state index in [1.54, 1.807) is 0 Å². The molecule has 0 radical (unpaired) electrons. The number of anilines is 1. The topological polar surface area (TPSA) is 41.0 Å². The molecule has 1 N–H and O–H groups in total. The average molecular weight is 264 g/mol. The van der Waals surface area contributed by atoms with Crippen LogP contribution in [0.15, 0.2) is 12.1 Å². The van der Waals surface area contributed by atoms with E-state index in [1.165, 1.54) is 12.8 Å². The number of rotatable bonds is 7. The Hall–Kier alpha value is -1.16. The molecule has 0 aliphatic carbocycles. The molecule has 0 aromatic carbocycles. The first kappa shape index (κ1) is 15.9. The normalized spacial score (nSPS) is 11.6. The van der Waals surface area contributed by atoms with Gasteiger partial charge in [-0.15, -0.1) is 5.10 Å². The van der Waals surface area contributed by atoms with E-state index in [1.807, 2.05) is 0 Å². The zero-order valence-electron chi connectivity index (χ0n) is 13.0. The predicted molar refractivity (Wildman–Crippen MR) is 81.4 cm³/mol. The molecule has 0 aliphatic heterocycles. The largest absolute Gasteiger partial charge is 0.355 e. The summed E-state index contributed by atoms with van der Waals surface area (Å²) in [6, 6.07) is 4.14. The first-order valence-electron chi connectivity index (χ1n) is 7.29. The molecule has 0 saturated carbocycles. The fraction of sp³-hybridized carbons (Fsp3) is 0.733. The summed E-state index contributed by atoms with van der Waals surface area (Å²) < 4.78 is 0.